The summed E-state index contributed by atoms with van der Waals surface area (Å²) in [6.45, 7) is 0. The molecular weight excluding hydrogens is 312 g/mol. The Labute approximate surface area is 127 Å². The molecule has 0 aliphatic heterocycles. The highest BCUT2D eigenvalue weighted by Crippen LogP contribution is 2.27. The lowest BCUT2D eigenvalue weighted by atomic mass is 10.0. The van der Waals surface area contributed by atoms with E-state index >= 15 is 0 Å². The summed E-state index contributed by atoms with van der Waals surface area (Å²) >= 11 is 5.97. The van der Waals surface area contributed by atoms with Gasteiger partial charge in [0.15, 0.2) is 9.84 Å². The Balaban J connectivity index is 2.50. The lowest BCUT2D eigenvalue weighted by Gasteiger charge is -2.08. The number of carboxylic acids is 1. The fourth-order valence-corrected chi connectivity index (χ4v) is 2.81. The van der Waals surface area contributed by atoms with Gasteiger partial charge < -0.3 is 5.11 Å². The van der Waals surface area contributed by atoms with Gasteiger partial charge in [0.25, 0.3) is 0 Å². The molecule has 0 saturated heterocycles. The second-order valence-corrected chi connectivity index (χ2v) is 7.10. The molecule has 0 heterocycles. The van der Waals surface area contributed by atoms with Crippen molar-refractivity contribution in [1.82, 2.24) is 0 Å². The number of rotatable bonds is 4. The summed E-state index contributed by atoms with van der Waals surface area (Å²) in [7, 11) is -3.29. The van der Waals surface area contributed by atoms with E-state index in [1.165, 1.54) is 6.07 Å². The highest BCUT2D eigenvalue weighted by atomic mass is 35.5. The minimum Gasteiger partial charge on any atom is -0.481 e. The van der Waals surface area contributed by atoms with E-state index in [1.807, 2.05) is 0 Å². The van der Waals surface area contributed by atoms with Crippen LogP contribution in [-0.2, 0) is 21.1 Å². The van der Waals surface area contributed by atoms with Gasteiger partial charge >= 0.3 is 5.97 Å². The summed E-state index contributed by atoms with van der Waals surface area (Å²) < 4.78 is 23.2. The average molecular weight is 325 g/mol. The molecule has 110 valence electrons. The van der Waals surface area contributed by atoms with E-state index in [2.05, 4.69) is 0 Å². The lowest BCUT2D eigenvalue weighted by Crippen LogP contribution is -2.01. The third kappa shape index (κ3) is 3.83. The quantitative estimate of drug-likeness (QED) is 0.938. The van der Waals surface area contributed by atoms with Crippen LogP contribution in [0.25, 0.3) is 11.1 Å². The van der Waals surface area contributed by atoms with Crippen LogP contribution in [0.5, 0.6) is 0 Å². The van der Waals surface area contributed by atoms with Gasteiger partial charge in [-0.1, -0.05) is 29.8 Å². The molecule has 21 heavy (non-hydrogen) atoms. The molecular formula is C15H13ClO4S. The predicted molar refractivity (Wildman–Crippen MR) is 81.3 cm³/mol. The summed E-state index contributed by atoms with van der Waals surface area (Å²) in [5, 5.41) is 9.24. The number of aliphatic carboxylic acids is 1. The number of sulfone groups is 1. The van der Waals surface area contributed by atoms with Gasteiger partial charge in [0, 0.05) is 11.3 Å². The predicted octanol–water partition coefficient (Wildman–Crippen LogP) is 3.04. The van der Waals surface area contributed by atoms with E-state index in [1.54, 1.807) is 36.4 Å². The van der Waals surface area contributed by atoms with E-state index in [0.29, 0.717) is 16.1 Å². The van der Waals surface area contributed by atoms with Gasteiger partial charge in [-0.25, -0.2) is 8.42 Å². The molecule has 0 atom stereocenters. The zero-order valence-corrected chi connectivity index (χ0v) is 12.8. The van der Waals surface area contributed by atoms with Crippen molar-refractivity contribution in [2.75, 3.05) is 6.26 Å². The number of benzene rings is 2. The summed E-state index contributed by atoms with van der Waals surface area (Å²) in [6.07, 6.45) is 0.961. The minimum atomic E-state index is -3.29. The van der Waals surface area contributed by atoms with Crippen molar-refractivity contribution in [2.45, 2.75) is 11.3 Å². The molecule has 2 aromatic rings. The zero-order valence-electron chi connectivity index (χ0n) is 11.2. The monoisotopic (exact) mass is 324 g/mol. The molecule has 0 spiro atoms. The Morgan fingerprint density at radius 1 is 1.14 bits per heavy atom. The molecule has 0 aliphatic carbocycles. The van der Waals surface area contributed by atoms with Gasteiger partial charge in [0.2, 0.25) is 0 Å². The van der Waals surface area contributed by atoms with E-state index in [9.17, 15) is 13.2 Å². The normalized spacial score (nSPS) is 11.3. The molecule has 0 saturated carbocycles. The van der Waals surface area contributed by atoms with Crippen LogP contribution in [0.3, 0.4) is 0 Å². The molecule has 4 nitrogen and oxygen atoms in total. The molecule has 0 amide bonds. The van der Waals surface area contributed by atoms with Gasteiger partial charge in [-0.15, -0.1) is 0 Å². The number of halogens is 1. The summed E-state index contributed by atoms with van der Waals surface area (Å²) in [5.74, 6) is -0.973. The molecule has 0 fully saturated rings. The molecule has 1 N–H and O–H groups in total. The first-order valence-electron chi connectivity index (χ1n) is 6.08. The maximum absolute atomic E-state index is 11.6. The molecule has 0 bridgehead atoms. The van der Waals surface area contributed by atoms with Crippen molar-refractivity contribution >= 4 is 27.4 Å². The summed E-state index contributed by atoms with van der Waals surface area (Å²) in [6, 6.07) is 11.5. The fourth-order valence-electron chi connectivity index (χ4n) is 1.96. The van der Waals surface area contributed by atoms with Crippen LogP contribution in [0.2, 0.25) is 5.02 Å². The highest BCUT2D eigenvalue weighted by molar-refractivity contribution is 7.90. The zero-order chi connectivity index (χ0) is 15.6. The third-order valence-corrected chi connectivity index (χ3v) is 4.46. The maximum atomic E-state index is 11.6. The van der Waals surface area contributed by atoms with Crippen molar-refractivity contribution in [2.24, 2.45) is 0 Å². The Morgan fingerprint density at radius 2 is 1.81 bits per heavy atom. The molecule has 2 aromatic carbocycles. The lowest BCUT2D eigenvalue weighted by molar-refractivity contribution is -0.136. The topological polar surface area (TPSA) is 71.4 Å². The Morgan fingerprint density at radius 3 is 2.43 bits per heavy atom. The molecule has 0 aliphatic rings. The van der Waals surface area contributed by atoms with Crippen molar-refractivity contribution in [3.63, 3.8) is 0 Å². The van der Waals surface area contributed by atoms with E-state index in [4.69, 9.17) is 16.7 Å². The first-order chi connectivity index (χ1) is 9.77. The number of hydrogen-bond acceptors (Lipinski definition) is 3. The van der Waals surface area contributed by atoms with Crippen molar-refractivity contribution in [3.05, 3.63) is 53.1 Å². The average Bonchev–Trinajstić information content (AvgIpc) is 2.40. The van der Waals surface area contributed by atoms with Crippen LogP contribution < -0.4 is 0 Å². The van der Waals surface area contributed by atoms with Crippen LogP contribution in [0.1, 0.15) is 5.56 Å². The maximum Gasteiger partial charge on any atom is 0.307 e. The van der Waals surface area contributed by atoms with Gasteiger partial charge in [-0.2, -0.15) is 0 Å². The Bertz CT molecular complexity index is 797. The van der Waals surface area contributed by atoms with Gasteiger partial charge in [0.05, 0.1) is 11.3 Å². The van der Waals surface area contributed by atoms with Gasteiger partial charge in [-0.3, -0.25) is 4.79 Å². The molecule has 0 radical (unpaired) electrons. The standard InChI is InChI=1S/C15H13ClO4S/c1-21(19,20)13-4-2-3-10(8-13)11-5-6-14(16)12(7-11)9-15(17)18/h2-8H,9H2,1H3,(H,17,18). The first kappa shape index (κ1) is 15.5. The van der Waals surface area contributed by atoms with Crippen molar-refractivity contribution in [3.8, 4) is 11.1 Å². The van der Waals surface area contributed by atoms with Crippen molar-refractivity contribution < 1.29 is 18.3 Å². The van der Waals surface area contributed by atoms with Crippen LogP contribution in [-0.4, -0.2) is 25.7 Å². The summed E-state index contributed by atoms with van der Waals surface area (Å²) in [5.41, 5.74) is 1.91. The number of carbonyl (C=O) groups is 1. The van der Waals surface area contributed by atoms with Crippen LogP contribution in [0, 0.1) is 0 Å². The fraction of sp³-hybridized carbons (Fsp3) is 0.133. The summed E-state index contributed by atoms with van der Waals surface area (Å²) in [4.78, 5) is 11.0. The van der Waals surface area contributed by atoms with Crippen molar-refractivity contribution in [1.29, 1.82) is 0 Å². The Hall–Kier alpha value is -1.85. The molecule has 6 heteroatoms. The van der Waals surface area contributed by atoms with Crippen LogP contribution in [0.15, 0.2) is 47.4 Å². The van der Waals surface area contributed by atoms with Gasteiger partial charge in [-0.05, 0) is 41.0 Å². The minimum absolute atomic E-state index is 0.182. The number of carboxylic acid groups (broad SMARTS) is 1. The second kappa shape index (κ2) is 5.87. The van der Waals surface area contributed by atoms with E-state index in [-0.39, 0.29) is 11.3 Å². The molecule has 2 rings (SSSR count). The van der Waals surface area contributed by atoms with E-state index in [0.717, 1.165) is 11.8 Å². The molecule has 0 aromatic heterocycles. The van der Waals surface area contributed by atoms with Crippen LogP contribution >= 0.6 is 11.6 Å². The molecule has 0 unspecified atom stereocenters. The smallest absolute Gasteiger partial charge is 0.307 e. The van der Waals surface area contributed by atoms with Gasteiger partial charge in [0.1, 0.15) is 0 Å². The number of hydrogen-bond donors (Lipinski definition) is 1. The first-order valence-corrected chi connectivity index (χ1v) is 8.35. The second-order valence-electron chi connectivity index (χ2n) is 4.68. The highest BCUT2D eigenvalue weighted by Gasteiger charge is 2.11. The largest absolute Gasteiger partial charge is 0.481 e. The van der Waals surface area contributed by atoms with Crippen LogP contribution in [0.4, 0.5) is 0 Å². The third-order valence-electron chi connectivity index (χ3n) is 2.98. The Kier molecular flexibility index (Phi) is 4.34. The SMILES string of the molecule is CS(=O)(=O)c1cccc(-c2ccc(Cl)c(CC(=O)O)c2)c1. The van der Waals surface area contributed by atoms with E-state index < -0.39 is 15.8 Å².